The lowest BCUT2D eigenvalue weighted by atomic mass is 10.2. The van der Waals surface area contributed by atoms with Crippen molar-refractivity contribution in [2.45, 2.75) is 6.04 Å². The van der Waals surface area contributed by atoms with E-state index in [9.17, 15) is 0 Å². The van der Waals surface area contributed by atoms with Crippen molar-refractivity contribution < 1.29 is 0 Å². The molecule has 3 heterocycles. The molecule has 1 fully saturated rings. The maximum absolute atomic E-state index is 4.49. The van der Waals surface area contributed by atoms with E-state index in [0.717, 1.165) is 36.8 Å². The highest BCUT2D eigenvalue weighted by molar-refractivity contribution is 5.52. The van der Waals surface area contributed by atoms with Crippen LogP contribution in [0.15, 0.2) is 30.6 Å². The first-order valence-electron chi connectivity index (χ1n) is 6.22. The molecular formula is C13H17N5. The average molecular weight is 243 g/mol. The second-order valence-corrected chi connectivity index (χ2v) is 4.60. The molecule has 94 valence electrons. The van der Waals surface area contributed by atoms with Gasteiger partial charge < -0.3 is 10.3 Å². The summed E-state index contributed by atoms with van der Waals surface area (Å²) in [7, 11) is 2.13. The van der Waals surface area contributed by atoms with Crippen LogP contribution in [0.5, 0.6) is 0 Å². The Bertz CT molecular complexity index is 507. The van der Waals surface area contributed by atoms with Crippen LogP contribution in [0.4, 0.5) is 0 Å². The molecule has 0 bridgehead atoms. The van der Waals surface area contributed by atoms with Gasteiger partial charge in [0, 0.05) is 25.8 Å². The maximum atomic E-state index is 4.49. The molecule has 5 heteroatoms. The lowest BCUT2D eigenvalue weighted by Crippen LogP contribution is -2.44. The van der Waals surface area contributed by atoms with Gasteiger partial charge in [0.05, 0.1) is 23.6 Å². The van der Waals surface area contributed by atoms with E-state index >= 15 is 0 Å². The molecule has 0 saturated carbocycles. The molecule has 5 nitrogen and oxygen atoms in total. The summed E-state index contributed by atoms with van der Waals surface area (Å²) in [5.74, 6) is 1.00. The van der Waals surface area contributed by atoms with E-state index in [1.54, 1.807) is 6.20 Å². The van der Waals surface area contributed by atoms with Gasteiger partial charge in [0.2, 0.25) is 0 Å². The molecule has 1 aliphatic rings. The molecule has 1 atom stereocenters. The number of aromatic amines is 1. The van der Waals surface area contributed by atoms with Crippen LogP contribution in [-0.4, -0.2) is 46.5 Å². The molecule has 0 aliphatic carbocycles. The van der Waals surface area contributed by atoms with Crippen molar-refractivity contribution in [2.24, 2.45) is 0 Å². The van der Waals surface area contributed by atoms with Crippen molar-refractivity contribution in [1.29, 1.82) is 0 Å². The van der Waals surface area contributed by atoms with Gasteiger partial charge in [0.15, 0.2) is 0 Å². The van der Waals surface area contributed by atoms with Crippen molar-refractivity contribution in [3.63, 3.8) is 0 Å². The first-order chi connectivity index (χ1) is 8.84. The minimum absolute atomic E-state index is 0.316. The number of H-pyrrole nitrogens is 1. The quantitative estimate of drug-likeness (QED) is 0.827. The van der Waals surface area contributed by atoms with E-state index in [-0.39, 0.29) is 0 Å². The van der Waals surface area contributed by atoms with Crippen molar-refractivity contribution >= 4 is 0 Å². The van der Waals surface area contributed by atoms with Crippen LogP contribution >= 0.6 is 0 Å². The Morgan fingerprint density at radius 3 is 3.06 bits per heavy atom. The van der Waals surface area contributed by atoms with E-state index in [4.69, 9.17) is 0 Å². The largest absolute Gasteiger partial charge is 0.339 e. The molecule has 1 aliphatic heterocycles. The van der Waals surface area contributed by atoms with Crippen molar-refractivity contribution in [3.05, 3.63) is 36.4 Å². The molecule has 2 aromatic rings. The van der Waals surface area contributed by atoms with E-state index in [1.165, 1.54) is 0 Å². The number of piperazine rings is 1. The third-order valence-electron chi connectivity index (χ3n) is 3.36. The van der Waals surface area contributed by atoms with Crippen LogP contribution in [0.1, 0.15) is 11.9 Å². The highest BCUT2D eigenvalue weighted by Gasteiger charge is 2.23. The van der Waals surface area contributed by atoms with Gasteiger partial charge in [-0.1, -0.05) is 6.07 Å². The van der Waals surface area contributed by atoms with E-state index in [2.05, 4.69) is 32.2 Å². The molecule has 0 radical (unpaired) electrons. The zero-order chi connectivity index (χ0) is 12.4. The predicted octanol–water partition coefficient (Wildman–Crippen LogP) is 1.05. The molecule has 0 aromatic carbocycles. The molecule has 3 rings (SSSR count). The number of rotatable bonds is 2. The second-order valence-electron chi connectivity index (χ2n) is 4.60. The summed E-state index contributed by atoms with van der Waals surface area (Å²) in [4.78, 5) is 14.5. The van der Waals surface area contributed by atoms with Gasteiger partial charge in [-0.3, -0.25) is 9.88 Å². The Morgan fingerprint density at radius 2 is 2.28 bits per heavy atom. The number of nitrogens with one attached hydrogen (secondary N) is 2. The van der Waals surface area contributed by atoms with Crippen molar-refractivity contribution in [1.82, 2.24) is 25.2 Å². The Hall–Kier alpha value is -1.72. The van der Waals surface area contributed by atoms with E-state index in [1.807, 2.05) is 24.4 Å². The van der Waals surface area contributed by atoms with Crippen LogP contribution in [-0.2, 0) is 0 Å². The van der Waals surface area contributed by atoms with Crippen molar-refractivity contribution in [2.75, 3.05) is 26.7 Å². The summed E-state index contributed by atoms with van der Waals surface area (Å²) in [5.41, 5.74) is 1.91. The van der Waals surface area contributed by atoms with Gasteiger partial charge in [0.25, 0.3) is 0 Å². The molecule has 2 aromatic heterocycles. The highest BCUT2D eigenvalue weighted by atomic mass is 15.2. The molecule has 1 unspecified atom stereocenters. The Labute approximate surface area is 106 Å². The maximum Gasteiger partial charge on any atom is 0.125 e. The summed E-state index contributed by atoms with van der Waals surface area (Å²) in [6, 6.07) is 6.20. The SMILES string of the molecule is CN1CCNCC1c1ncc(-c2ccccn2)[nH]1. The minimum atomic E-state index is 0.316. The van der Waals surface area contributed by atoms with Gasteiger partial charge in [0.1, 0.15) is 5.82 Å². The zero-order valence-electron chi connectivity index (χ0n) is 10.4. The van der Waals surface area contributed by atoms with Crippen LogP contribution in [0.25, 0.3) is 11.4 Å². The summed E-state index contributed by atoms with van der Waals surface area (Å²) in [6.45, 7) is 3.02. The number of likely N-dealkylation sites (N-methyl/N-ethyl adjacent to an activating group) is 1. The number of aromatic nitrogens is 3. The third-order valence-corrected chi connectivity index (χ3v) is 3.36. The Morgan fingerprint density at radius 1 is 1.33 bits per heavy atom. The minimum Gasteiger partial charge on any atom is -0.339 e. The Kier molecular flexibility index (Phi) is 3.08. The highest BCUT2D eigenvalue weighted by Crippen LogP contribution is 2.21. The Balaban J connectivity index is 1.85. The fourth-order valence-electron chi connectivity index (χ4n) is 2.27. The number of hydrogen-bond acceptors (Lipinski definition) is 4. The normalized spacial score (nSPS) is 21.1. The monoisotopic (exact) mass is 243 g/mol. The number of hydrogen-bond donors (Lipinski definition) is 2. The van der Waals surface area contributed by atoms with Crippen LogP contribution in [0, 0.1) is 0 Å². The van der Waals surface area contributed by atoms with Crippen molar-refractivity contribution in [3.8, 4) is 11.4 Å². The van der Waals surface area contributed by atoms with Gasteiger partial charge in [-0.15, -0.1) is 0 Å². The lowest BCUT2D eigenvalue weighted by Gasteiger charge is -2.31. The first-order valence-corrected chi connectivity index (χ1v) is 6.22. The average Bonchev–Trinajstić information content (AvgIpc) is 2.90. The lowest BCUT2D eigenvalue weighted by molar-refractivity contribution is 0.195. The van der Waals surface area contributed by atoms with Gasteiger partial charge in [-0.2, -0.15) is 0 Å². The topological polar surface area (TPSA) is 56.8 Å². The van der Waals surface area contributed by atoms with Gasteiger partial charge in [-0.05, 0) is 19.2 Å². The summed E-state index contributed by atoms with van der Waals surface area (Å²) < 4.78 is 0. The fourth-order valence-corrected chi connectivity index (χ4v) is 2.27. The molecule has 1 saturated heterocycles. The number of pyridine rings is 1. The predicted molar refractivity (Wildman–Crippen MR) is 70.1 cm³/mol. The summed E-state index contributed by atoms with van der Waals surface area (Å²) >= 11 is 0. The van der Waals surface area contributed by atoms with Crippen LogP contribution in [0.2, 0.25) is 0 Å². The van der Waals surface area contributed by atoms with E-state index in [0.29, 0.717) is 6.04 Å². The smallest absolute Gasteiger partial charge is 0.125 e. The molecule has 2 N–H and O–H groups in total. The first kappa shape index (κ1) is 11.4. The van der Waals surface area contributed by atoms with Gasteiger partial charge in [-0.25, -0.2) is 4.98 Å². The van der Waals surface area contributed by atoms with Gasteiger partial charge >= 0.3 is 0 Å². The second kappa shape index (κ2) is 4.88. The molecular weight excluding hydrogens is 226 g/mol. The van der Waals surface area contributed by atoms with Crippen LogP contribution in [0.3, 0.4) is 0 Å². The molecule has 0 amide bonds. The molecule has 18 heavy (non-hydrogen) atoms. The standard InChI is InChI=1S/C13H17N5/c1-18-7-6-14-9-12(18)13-16-8-11(17-13)10-4-2-3-5-15-10/h2-5,8,12,14H,6-7,9H2,1H3,(H,16,17). The van der Waals surface area contributed by atoms with E-state index < -0.39 is 0 Å². The fraction of sp³-hybridized carbons (Fsp3) is 0.385. The summed E-state index contributed by atoms with van der Waals surface area (Å²) in [6.07, 6.45) is 3.66. The van der Waals surface area contributed by atoms with Crippen LogP contribution < -0.4 is 5.32 Å². The zero-order valence-corrected chi connectivity index (χ0v) is 10.4. The number of nitrogens with zero attached hydrogens (tertiary/aromatic N) is 3. The number of imidazole rings is 1. The summed E-state index contributed by atoms with van der Waals surface area (Å²) in [5, 5.41) is 3.40. The molecule has 0 spiro atoms. The third kappa shape index (κ3) is 2.14.